The molecule has 1 unspecified atom stereocenters. The molecule has 9 heteroatoms. The van der Waals surface area contributed by atoms with Crippen molar-refractivity contribution >= 4 is 28.9 Å². The second kappa shape index (κ2) is 9.14. The molecule has 0 radical (unpaired) electrons. The lowest BCUT2D eigenvalue weighted by molar-refractivity contribution is -0.383. The van der Waals surface area contributed by atoms with Crippen LogP contribution in [-0.2, 0) is 9.53 Å². The number of esters is 1. The van der Waals surface area contributed by atoms with Crippen LogP contribution in [0.15, 0.2) is 48.5 Å². The second-order valence-electron chi connectivity index (χ2n) is 5.81. The minimum atomic E-state index is -1.16. The second-order valence-corrected chi connectivity index (χ2v) is 5.81. The lowest BCUT2D eigenvalue weighted by Gasteiger charge is -2.25. The Morgan fingerprint density at radius 1 is 1.29 bits per heavy atom. The zero-order valence-corrected chi connectivity index (χ0v) is 15.1. The molecule has 0 heterocycles. The molecule has 1 amide bonds. The van der Waals surface area contributed by atoms with Crippen LogP contribution in [0.25, 0.3) is 0 Å². The first-order valence-corrected chi connectivity index (χ1v) is 8.33. The van der Waals surface area contributed by atoms with Crippen LogP contribution >= 0.6 is 0 Å². The lowest BCUT2D eigenvalue weighted by atomic mass is 10.1. The quantitative estimate of drug-likeness (QED) is 0.336. The Morgan fingerprint density at radius 2 is 1.96 bits per heavy atom. The predicted molar refractivity (Wildman–Crippen MR) is 101 cm³/mol. The standard InChI is InChI=1S/C19H18N4O5/c1-13(18(24)22(11-5-10-20)15-6-3-2-4-7-15)28-19(25)14-8-9-16(21)17(12-14)23(26)27/h2-4,6-9,12-13H,5,11,21H2,1H3. The molecule has 0 spiro atoms. The summed E-state index contributed by atoms with van der Waals surface area (Å²) in [6.07, 6.45) is -1.06. The van der Waals surface area contributed by atoms with Crippen LogP contribution in [0.2, 0.25) is 0 Å². The lowest BCUT2D eigenvalue weighted by Crippen LogP contribution is -2.40. The molecular formula is C19H18N4O5. The number of nitrogen functional groups attached to an aromatic ring is 1. The summed E-state index contributed by atoms with van der Waals surface area (Å²) in [5.74, 6) is -1.41. The van der Waals surface area contributed by atoms with Crippen molar-refractivity contribution in [2.24, 2.45) is 0 Å². The normalized spacial score (nSPS) is 11.1. The number of rotatable bonds is 7. The molecule has 0 bridgehead atoms. The molecule has 2 N–H and O–H groups in total. The van der Waals surface area contributed by atoms with Crippen molar-refractivity contribution in [3.05, 3.63) is 64.2 Å². The SMILES string of the molecule is CC(OC(=O)c1ccc(N)c([N+](=O)[O-])c1)C(=O)N(CCC#N)c1ccccc1. The molecule has 0 aliphatic heterocycles. The third kappa shape index (κ3) is 4.82. The van der Waals surface area contributed by atoms with Crippen molar-refractivity contribution in [1.82, 2.24) is 0 Å². The van der Waals surface area contributed by atoms with E-state index >= 15 is 0 Å². The van der Waals surface area contributed by atoms with Gasteiger partial charge in [-0.2, -0.15) is 5.26 Å². The van der Waals surface area contributed by atoms with Crippen LogP contribution < -0.4 is 10.6 Å². The van der Waals surface area contributed by atoms with Crippen LogP contribution in [-0.4, -0.2) is 29.4 Å². The number of nitro groups is 1. The smallest absolute Gasteiger partial charge is 0.339 e. The molecule has 9 nitrogen and oxygen atoms in total. The van der Waals surface area contributed by atoms with E-state index in [1.807, 2.05) is 6.07 Å². The molecule has 2 aromatic carbocycles. The number of carbonyl (C=O) groups excluding carboxylic acids is 2. The number of hydrogen-bond acceptors (Lipinski definition) is 7. The van der Waals surface area contributed by atoms with Crippen LogP contribution in [0.4, 0.5) is 17.1 Å². The van der Waals surface area contributed by atoms with Gasteiger partial charge in [-0.15, -0.1) is 0 Å². The summed E-state index contributed by atoms with van der Waals surface area (Å²) in [4.78, 5) is 36.7. The van der Waals surface area contributed by atoms with Crippen LogP contribution in [0, 0.1) is 21.4 Å². The number of benzene rings is 2. The zero-order valence-electron chi connectivity index (χ0n) is 15.1. The Kier molecular flexibility index (Phi) is 6.65. The predicted octanol–water partition coefficient (Wildman–Crippen LogP) is 2.67. The van der Waals surface area contributed by atoms with Gasteiger partial charge in [0.15, 0.2) is 6.10 Å². The van der Waals surface area contributed by atoms with Crippen molar-refractivity contribution in [3.8, 4) is 6.07 Å². The molecule has 0 aromatic heterocycles. The van der Waals surface area contributed by atoms with Gasteiger partial charge in [0.2, 0.25) is 0 Å². The zero-order chi connectivity index (χ0) is 20.7. The van der Waals surface area contributed by atoms with Gasteiger partial charge in [-0.3, -0.25) is 14.9 Å². The number of anilines is 2. The number of para-hydroxylation sites is 1. The Morgan fingerprint density at radius 3 is 2.57 bits per heavy atom. The number of nitro benzene ring substituents is 1. The highest BCUT2D eigenvalue weighted by molar-refractivity contribution is 5.99. The highest BCUT2D eigenvalue weighted by Gasteiger charge is 2.26. The molecule has 1 atom stereocenters. The van der Waals surface area contributed by atoms with E-state index in [1.54, 1.807) is 30.3 Å². The number of amides is 1. The van der Waals surface area contributed by atoms with E-state index in [4.69, 9.17) is 15.7 Å². The molecule has 28 heavy (non-hydrogen) atoms. The fraction of sp³-hybridized carbons (Fsp3) is 0.211. The van der Waals surface area contributed by atoms with Crippen molar-refractivity contribution in [1.29, 1.82) is 5.26 Å². The van der Waals surface area contributed by atoms with Gasteiger partial charge in [0, 0.05) is 18.3 Å². The van der Waals surface area contributed by atoms with E-state index in [1.165, 1.54) is 24.0 Å². The summed E-state index contributed by atoms with van der Waals surface area (Å²) >= 11 is 0. The van der Waals surface area contributed by atoms with E-state index in [9.17, 15) is 19.7 Å². The van der Waals surface area contributed by atoms with Gasteiger partial charge in [-0.25, -0.2) is 4.79 Å². The maximum atomic E-state index is 12.8. The van der Waals surface area contributed by atoms with Crippen molar-refractivity contribution in [3.63, 3.8) is 0 Å². The largest absolute Gasteiger partial charge is 0.449 e. The molecule has 144 valence electrons. The molecular weight excluding hydrogens is 364 g/mol. The van der Waals surface area contributed by atoms with Crippen LogP contribution in [0.3, 0.4) is 0 Å². The molecule has 2 aromatic rings. The van der Waals surface area contributed by atoms with Crippen molar-refractivity contribution < 1.29 is 19.2 Å². The Bertz CT molecular complexity index is 924. The number of hydrogen-bond donors (Lipinski definition) is 1. The van der Waals surface area contributed by atoms with Gasteiger partial charge in [0.1, 0.15) is 5.69 Å². The third-order valence-electron chi connectivity index (χ3n) is 3.88. The van der Waals surface area contributed by atoms with Crippen molar-refractivity contribution in [2.75, 3.05) is 17.2 Å². The minimum absolute atomic E-state index is 0.0857. The molecule has 0 aliphatic carbocycles. The average molecular weight is 382 g/mol. The minimum Gasteiger partial charge on any atom is -0.449 e. The first kappa shape index (κ1) is 20.4. The summed E-state index contributed by atoms with van der Waals surface area (Å²) in [7, 11) is 0. The fourth-order valence-corrected chi connectivity index (χ4v) is 2.46. The summed E-state index contributed by atoms with van der Waals surface area (Å²) < 4.78 is 5.18. The summed E-state index contributed by atoms with van der Waals surface area (Å²) in [6.45, 7) is 1.53. The number of carbonyl (C=O) groups is 2. The van der Waals surface area contributed by atoms with E-state index in [0.29, 0.717) is 5.69 Å². The van der Waals surface area contributed by atoms with Crippen molar-refractivity contribution in [2.45, 2.75) is 19.4 Å². The Balaban J connectivity index is 2.17. The first-order valence-electron chi connectivity index (χ1n) is 8.33. The van der Waals surface area contributed by atoms with Gasteiger partial charge in [0.05, 0.1) is 23.0 Å². The molecule has 2 rings (SSSR count). The number of nitrogens with zero attached hydrogens (tertiary/aromatic N) is 3. The summed E-state index contributed by atoms with van der Waals surface area (Å²) in [6, 6.07) is 14.2. The van der Waals surface area contributed by atoms with Gasteiger partial charge < -0.3 is 15.4 Å². The van der Waals surface area contributed by atoms with Gasteiger partial charge in [0.25, 0.3) is 11.6 Å². The molecule has 0 fully saturated rings. The fourth-order valence-electron chi connectivity index (χ4n) is 2.46. The number of nitrogens with two attached hydrogens (primary N) is 1. The highest BCUT2D eigenvalue weighted by atomic mass is 16.6. The highest BCUT2D eigenvalue weighted by Crippen LogP contribution is 2.23. The molecule has 0 saturated carbocycles. The number of nitriles is 1. The Hall–Kier alpha value is -3.93. The van der Waals surface area contributed by atoms with Gasteiger partial charge >= 0.3 is 5.97 Å². The van der Waals surface area contributed by atoms with E-state index < -0.39 is 28.6 Å². The summed E-state index contributed by atoms with van der Waals surface area (Å²) in [5, 5.41) is 19.8. The van der Waals surface area contributed by atoms with Gasteiger partial charge in [-0.05, 0) is 31.2 Å². The summed E-state index contributed by atoms with van der Waals surface area (Å²) in [5.41, 5.74) is 5.47. The topological polar surface area (TPSA) is 140 Å². The van der Waals surface area contributed by atoms with Crippen LogP contribution in [0.5, 0.6) is 0 Å². The van der Waals surface area contributed by atoms with E-state index in [2.05, 4.69) is 0 Å². The van der Waals surface area contributed by atoms with Crippen LogP contribution in [0.1, 0.15) is 23.7 Å². The first-order chi connectivity index (χ1) is 13.3. The van der Waals surface area contributed by atoms with E-state index in [0.717, 1.165) is 6.07 Å². The monoisotopic (exact) mass is 382 g/mol. The van der Waals surface area contributed by atoms with E-state index in [-0.39, 0.29) is 24.2 Å². The maximum Gasteiger partial charge on any atom is 0.339 e. The molecule has 0 aliphatic rings. The van der Waals surface area contributed by atoms with Gasteiger partial charge in [-0.1, -0.05) is 18.2 Å². The third-order valence-corrected chi connectivity index (χ3v) is 3.88. The maximum absolute atomic E-state index is 12.8. The molecule has 0 saturated heterocycles. The average Bonchev–Trinajstić information content (AvgIpc) is 2.68. The number of ether oxygens (including phenoxy) is 1. The Labute approximate surface area is 161 Å².